The molecule has 0 atom stereocenters. The summed E-state index contributed by atoms with van der Waals surface area (Å²) in [5.74, 6) is 1.58. The van der Waals surface area contributed by atoms with Crippen LogP contribution in [0, 0.1) is 11.3 Å². The van der Waals surface area contributed by atoms with Crippen LogP contribution in [-0.2, 0) is 7.05 Å². The molecule has 0 aliphatic carbocycles. The lowest BCUT2D eigenvalue weighted by Gasteiger charge is -2.07. The number of allylic oxidation sites excluding steroid dienone is 1. The SMILES string of the molecule is COc1ccc(C(=O)Nc2cccc(/C=C(/C#N)c3nnc(-c4ccccc4)n3C)c2)cc1. The molecule has 1 aromatic heterocycles. The molecule has 4 rings (SSSR count). The quantitative estimate of drug-likeness (QED) is 0.439. The van der Waals surface area contributed by atoms with Crippen molar-refractivity contribution >= 4 is 23.2 Å². The molecule has 0 saturated heterocycles. The summed E-state index contributed by atoms with van der Waals surface area (Å²) in [5.41, 5.74) is 3.17. The van der Waals surface area contributed by atoms with Crippen LogP contribution in [0.2, 0.25) is 0 Å². The Bertz CT molecular complexity index is 1350. The van der Waals surface area contributed by atoms with Gasteiger partial charge in [0, 0.05) is 23.9 Å². The van der Waals surface area contributed by atoms with Crippen molar-refractivity contribution < 1.29 is 9.53 Å². The van der Waals surface area contributed by atoms with E-state index in [2.05, 4.69) is 21.6 Å². The molecule has 4 aromatic rings. The van der Waals surface area contributed by atoms with Crippen molar-refractivity contribution in [1.29, 1.82) is 5.26 Å². The Balaban J connectivity index is 1.57. The predicted octanol–water partition coefficient (Wildman–Crippen LogP) is 4.81. The molecule has 3 aromatic carbocycles. The number of amides is 1. The number of carbonyl (C=O) groups excluding carboxylic acids is 1. The van der Waals surface area contributed by atoms with Gasteiger partial charge in [-0.05, 0) is 48.0 Å². The van der Waals surface area contributed by atoms with Crippen molar-refractivity contribution in [1.82, 2.24) is 14.8 Å². The first-order valence-electron chi connectivity index (χ1n) is 10.2. The lowest BCUT2D eigenvalue weighted by Crippen LogP contribution is -2.11. The number of nitrogens with zero attached hydrogens (tertiary/aromatic N) is 4. The second kappa shape index (κ2) is 9.62. The Morgan fingerprint density at radius 2 is 1.79 bits per heavy atom. The van der Waals surface area contributed by atoms with Crippen molar-refractivity contribution in [3.63, 3.8) is 0 Å². The number of hydrogen-bond donors (Lipinski definition) is 1. The fourth-order valence-corrected chi connectivity index (χ4v) is 3.37. The van der Waals surface area contributed by atoms with Gasteiger partial charge < -0.3 is 14.6 Å². The minimum Gasteiger partial charge on any atom is -0.497 e. The van der Waals surface area contributed by atoms with Crippen molar-refractivity contribution in [2.75, 3.05) is 12.4 Å². The summed E-state index contributed by atoms with van der Waals surface area (Å²) < 4.78 is 6.92. The molecule has 0 aliphatic heterocycles. The summed E-state index contributed by atoms with van der Waals surface area (Å²) in [4.78, 5) is 12.6. The van der Waals surface area contributed by atoms with Gasteiger partial charge in [0.15, 0.2) is 11.6 Å². The topological polar surface area (TPSA) is 92.8 Å². The van der Waals surface area contributed by atoms with E-state index in [-0.39, 0.29) is 5.91 Å². The fraction of sp³-hybridized carbons (Fsp3) is 0.0769. The van der Waals surface area contributed by atoms with Crippen molar-refractivity contribution in [3.8, 4) is 23.2 Å². The highest BCUT2D eigenvalue weighted by Gasteiger charge is 2.14. The minimum atomic E-state index is -0.236. The average molecular weight is 435 g/mol. The number of benzene rings is 3. The van der Waals surface area contributed by atoms with Crippen LogP contribution in [0.3, 0.4) is 0 Å². The fourth-order valence-electron chi connectivity index (χ4n) is 3.37. The van der Waals surface area contributed by atoms with Crippen molar-refractivity contribution in [2.45, 2.75) is 0 Å². The third-order valence-corrected chi connectivity index (χ3v) is 5.08. The molecular formula is C26H21N5O2. The zero-order chi connectivity index (χ0) is 23.2. The maximum absolute atomic E-state index is 12.6. The molecule has 0 fully saturated rings. The predicted molar refractivity (Wildman–Crippen MR) is 127 cm³/mol. The van der Waals surface area contributed by atoms with Gasteiger partial charge in [-0.25, -0.2) is 0 Å². The zero-order valence-corrected chi connectivity index (χ0v) is 18.2. The average Bonchev–Trinajstić information content (AvgIpc) is 3.24. The molecule has 7 nitrogen and oxygen atoms in total. The number of hydrogen-bond acceptors (Lipinski definition) is 5. The molecule has 0 bridgehead atoms. The number of aromatic nitrogens is 3. The highest BCUT2D eigenvalue weighted by Crippen LogP contribution is 2.23. The van der Waals surface area contributed by atoms with E-state index in [9.17, 15) is 10.1 Å². The summed E-state index contributed by atoms with van der Waals surface area (Å²) >= 11 is 0. The number of methoxy groups -OCH3 is 1. The molecule has 7 heteroatoms. The Labute approximate surface area is 191 Å². The third kappa shape index (κ3) is 4.81. The number of carbonyl (C=O) groups is 1. The lowest BCUT2D eigenvalue weighted by molar-refractivity contribution is 0.102. The molecule has 0 spiro atoms. The first-order valence-corrected chi connectivity index (χ1v) is 10.2. The van der Waals surface area contributed by atoms with E-state index in [4.69, 9.17) is 4.74 Å². The maximum Gasteiger partial charge on any atom is 0.255 e. The molecule has 33 heavy (non-hydrogen) atoms. The van der Waals surface area contributed by atoms with Gasteiger partial charge in [0.05, 0.1) is 12.7 Å². The third-order valence-electron chi connectivity index (χ3n) is 5.08. The van der Waals surface area contributed by atoms with Crippen LogP contribution in [0.4, 0.5) is 5.69 Å². The first-order chi connectivity index (χ1) is 16.1. The van der Waals surface area contributed by atoms with Gasteiger partial charge in [-0.15, -0.1) is 10.2 Å². The molecule has 0 aliphatic rings. The molecule has 1 amide bonds. The van der Waals surface area contributed by atoms with Crippen LogP contribution in [0.1, 0.15) is 21.7 Å². The standard InChI is InChI=1S/C26H21N5O2/c1-31-24(19-8-4-3-5-9-19)29-30-25(31)21(17-27)15-18-7-6-10-22(16-18)28-26(32)20-11-13-23(33-2)14-12-20/h3-16H,1-2H3,(H,28,32)/b21-15-. The van der Waals surface area contributed by atoms with E-state index in [1.54, 1.807) is 54.2 Å². The van der Waals surface area contributed by atoms with Gasteiger partial charge in [0.1, 0.15) is 11.8 Å². The maximum atomic E-state index is 12.6. The van der Waals surface area contributed by atoms with E-state index >= 15 is 0 Å². The van der Waals surface area contributed by atoms with Crippen LogP contribution in [0.5, 0.6) is 5.75 Å². The minimum absolute atomic E-state index is 0.236. The van der Waals surface area contributed by atoms with Gasteiger partial charge in [-0.3, -0.25) is 4.79 Å². The van der Waals surface area contributed by atoms with Crippen molar-refractivity contribution in [2.24, 2.45) is 7.05 Å². The van der Waals surface area contributed by atoms with Crippen LogP contribution in [0.25, 0.3) is 23.0 Å². The molecule has 0 radical (unpaired) electrons. The summed E-state index contributed by atoms with van der Waals surface area (Å²) in [6.45, 7) is 0. The number of nitriles is 1. The molecular weight excluding hydrogens is 414 g/mol. The zero-order valence-electron chi connectivity index (χ0n) is 18.2. The Hall–Kier alpha value is -4.70. The van der Waals surface area contributed by atoms with Gasteiger partial charge in [0.25, 0.3) is 5.91 Å². The van der Waals surface area contributed by atoms with Crippen LogP contribution in [-0.4, -0.2) is 27.8 Å². The second-order valence-corrected chi connectivity index (χ2v) is 7.25. The van der Waals surface area contributed by atoms with E-state index in [0.29, 0.717) is 34.2 Å². The van der Waals surface area contributed by atoms with Crippen molar-refractivity contribution in [3.05, 3.63) is 95.8 Å². The van der Waals surface area contributed by atoms with Gasteiger partial charge in [-0.2, -0.15) is 5.26 Å². The van der Waals surface area contributed by atoms with Gasteiger partial charge in [0.2, 0.25) is 0 Å². The van der Waals surface area contributed by atoms with Crippen LogP contribution >= 0.6 is 0 Å². The molecule has 1 heterocycles. The summed E-state index contributed by atoms with van der Waals surface area (Å²) in [7, 11) is 3.40. The van der Waals surface area contributed by atoms with Gasteiger partial charge >= 0.3 is 0 Å². The van der Waals surface area contributed by atoms with Crippen LogP contribution < -0.4 is 10.1 Å². The Kier molecular flexibility index (Phi) is 6.28. The largest absolute Gasteiger partial charge is 0.497 e. The number of nitrogens with one attached hydrogen (secondary N) is 1. The monoisotopic (exact) mass is 435 g/mol. The number of ether oxygens (including phenoxy) is 1. The second-order valence-electron chi connectivity index (χ2n) is 7.25. The molecule has 162 valence electrons. The number of rotatable bonds is 6. The van der Waals surface area contributed by atoms with E-state index in [1.165, 1.54) is 0 Å². The summed E-state index contributed by atoms with van der Waals surface area (Å²) in [6, 6.07) is 26.0. The molecule has 1 N–H and O–H groups in total. The van der Waals surface area contributed by atoms with Gasteiger partial charge in [-0.1, -0.05) is 42.5 Å². The first kappa shape index (κ1) is 21.5. The summed E-state index contributed by atoms with van der Waals surface area (Å²) in [6.07, 6.45) is 1.72. The molecule has 0 saturated carbocycles. The highest BCUT2D eigenvalue weighted by molar-refractivity contribution is 6.04. The van der Waals surface area contributed by atoms with Crippen LogP contribution in [0.15, 0.2) is 78.9 Å². The highest BCUT2D eigenvalue weighted by atomic mass is 16.5. The Morgan fingerprint density at radius 3 is 2.48 bits per heavy atom. The molecule has 0 unspecified atom stereocenters. The Morgan fingerprint density at radius 1 is 1.03 bits per heavy atom. The normalized spacial score (nSPS) is 11.0. The van der Waals surface area contributed by atoms with E-state index in [0.717, 1.165) is 11.1 Å². The lowest BCUT2D eigenvalue weighted by atomic mass is 10.1. The summed E-state index contributed by atoms with van der Waals surface area (Å²) in [5, 5.41) is 21.1. The van der Waals surface area contributed by atoms with E-state index in [1.807, 2.05) is 49.5 Å². The van der Waals surface area contributed by atoms with E-state index < -0.39 is 0 Å². The smallest absolute Gasteiger partial charge is 0.255 e. The number of anilines is 1.